The molecule has 0 amide bonds. The predicted molar refractivity (Wildman–Crippen MR) is 73.8 cm³/mol. The number of methoxy groups -OCH3 is 1. The Bertz CT molecular complexity index is 453. The van der Waals surface area contributed by atoms with E-state index in [4.69, 9.17) is 4.74 Å². The van der Waals surface area contributed by atoms with Crippen molar-refractivity contribution in [1.29, 1.82) is 0 Å². The molecule has 19 heavy (non-hydrogen) atoms. The third-order valence-electron chi connectivity index (χ3n) is 4.20. The van der Waals surface area contributed by atoms with Gasteiger partial charge in [-0.2, -0.15) is 5.10 Å². The Morgan fingerprint density at radius 2 is 2.21 bits per heavy atom. The number of fused-ring (bicyclic) bond motifs is 2. The van der Waals surface area contributed by atoms with E-state index >= 15 is 4.39 Å². The summed E-state index contributed by atoms with van der Waals surface area (Å²) in [7, 11) is 1.65. The molecule has 3 heterocycles. The summed E-state index contributed by atoms with van der Waals surface area (Å²) >= 11 is 3.46. The van der Waals surface area contributed by atoms with Gasteiger partial charge < -0.3 is 10.1 Å². The van der Waals surface area contributed by atoms with E-state index in [9.17, 15) is 0 Å². The van der Waals surface area contributed by atoms with Gasteiger partial charge in [0.1, 0.15) is 0 Å². The van der Waals surface area contributed by atoms with E-state index in [0.717, 1.165) is 17.3 Å². The minimum atomic E-state index is -1.28. The largest absolute Gasteiger partial charge is 0.383 e. The van der Waals surface area contributed by atoms with Crippen molar-refractivity contribution in [1.82, 2.24) is 15.1 Å². The molecule has 1 N–H and O–H groups in total. The van der Waals surface area contributed by atoms with Gasteiger partial charge in [-0.3, -0.25) is 4.68 Å². The van der Waals surface area contributed by atoms with Crippen LogP contribution in [0.15, 0.2) is 10.7 Å². The van der Waals surface area contributed by atoms with Crippen molar-refractivity contribution < 1.29 is 9.13 Å². The van der Waals surface area contributed by atoms with Gasteiger partial charge in [0.25, 0.3) is 0 Å². The molecule has 2 atom stereocenters. The van der Waals surface area contributed by atoms with E-state index in [-0.39, 0.29) is 0 Å². The molecule has 0 aliphatic carbocycles. The molecule has 2 bridgehead atoms. The van der Waals surface area contributed by atoms with Crippen LogP contribution in [0.25, 0.3) is 0 Å². The number of aromatic nitrogens is 2. The van der Waals surface area contributed by atoms with Crippen molar-refractivity contribution >= 4 is 15.9 Å². The second-order valence-electron chi connectivity index (χ2n) is 5.57. The third-order valence-corrected chi connectivity index (χ3v) is 4.78. The highest BCUT2D eigenvalue weighted by atomic mass is 79.9. The molecule has 4 nitrogen and oxygen atoms in total. The molecular formula is C13H19BrFN3O. The van der Waals surface area contributed by atoms with Crippen LogP contribution in [0.5, 0.6) is 0 Å². The highest BCUT2D eigenvalue weighted by molar-refractivity contribution is 9.10. The minimum Gasteiger partial charge on any atom is -0.383 e. The summed E-state index contributed by atoms with van der Waals surface area (Å²) in [6.45, 7) is 1.13. The fourth-order valence-corrected chi connectivity index (χ4v) is 4.09. The first-order valence-electron chi connectivity index (χ1n) is 6.78. The number of alkyl halides is 1. The summed E-state index contributed by atoms with van der Waals surface area (Å²) in [5.74, 6) is 0. The van der Waals surface area contributed by atoms with Crippen molar-refractivity contribution in [2.24, 2.45) is 0 Å². The van der Waals surface area contributed by atoms with E-state index in [1.807, 2.05) is 0 Å². The number of hydrogen-bond donors (Lipinski definition) is 1. The first-order valence-corrected chi connectivity index (χ1v) is 7.57. The van der Waals surface area contributed by atoms with E-state index in [2.05, 4.69) is 26.3 Å². The molecule has 0 spiro atoms. The van der Waals surface area contributed by atoms with Crippen LogP contribution in [0.2, 0.25) is 0 Å². The average Bonchev–Trinajstić information content (AvgIpc) is 2.90. The zero-order valence-corrected chi connectivity index (χ0v) is 12.6. The van der Waals surface area contributed by atoms with Gasteiger partial charge in [-0.1, -0.05) is 0 Å². The molecule has 0 aromatic carbocycles. The summed E-state index contributed by atoms with van der Waals surface area (Å²) in [6, 6.07) is 0.614. The monoisotopic (exact) mass is 331 g/mol. The maximum Gasteiger partial charge on any atom is 0.156 e. The van der Waals surface area contributed by atoms with E-state index in [1.165, 1.54) is 0 Å². The van der Waals surface area contributed by atoms with Gasteiger partial charge in [0.15, 0.2) is 5.67 Å². The van der Waals surface area contributed by atoms with Gasteiger partial charge in [0, 0.05) is 32.0 Å². The van der Waals surface area contributed by atoms with E-state index in [1.54, 1.807) is 18.0 Å². The van der Waals surface area contributed by atoms with Crippen LogP contribution in [0.3, 0.4) is 0 Å². The molecule has 2 aliphatic rings. The Morgan fingerprint density at radius 3 is 2.84 bits per heavy atom. The molecule has 0 radical (unpaired) electrons. The van der Waals surface area contributed by atoms with Crippen molar-refractivity contribution in [3.05, 3.63) is 16.4 Å². The van der Waals surface area contributed by atoms with Gasteiger partial charge in [-0.15, -0.1) is 0 Å². The standard InChI is InChI=1S/C13H19BrFN3O/c1-19-5-4-18-12(11(14)8-16-18)13(15)6-9-2-3-10(7-13)17-9/h8-10,17H,2-7H2,1H3. The number of rotatable bonds is 4. The summed E-state index contributed by atoms with van der Waals surface area (Å²) in [4.78, 5) is 0. The summed E-state index contributed by atoms with van der Waals surface area (Å²) in [5, 5.41) is 7.75. The lowest BCUT2D eigenvalue weighted by Gasteiger charge is -2.35. The molecule has 0 saturated carbocycles. The predicted octanol–water partition coefficient (Wildman–Crippen LogP) is 2.37. The molecule has 2 saturated heterocycles. The highest BCUT2D eigenvalue weighted by Gasteiger charge is 2.47. The SMILES string of the molecule is COCCn1ncc(Br)c1C1(F)CC2CCC(C1)N2. The quantitative estimate of drug-likeness (QED) is 0.920. The number of nitrogens with zero attached hydrogens (tertiary/aromatic N) is 2. The van der Waals surface area contributed by atoms with Gasteiger partial charge in [0.05, 0.1) is 29.5 Å². The normalized spacial score (nSPS) is 33.8. The lowest BCUT2D eigenvalue weighted by molar-refractivity contribution is 0.0736. The maximum atomic E-state index is 15.5. The second kappa shape index (κ2) is 5.14. The number of hydrogen-bond acceptors (Lipinski definition) is 3. The maximum absolute atomic E-state index is 15.5. The molecule has 106 valence electrons. The number of nitrogens with one attached hydrogen (secondary N) is 1. The minimum absolute atomic E-state index is 0.307. The van der Waals surface area contributed by atoms with Gasteiger partial charge in [-0.25, -0.2) is 4.39 Å². The fraction of sp³-hybridized carbons (Fsp3) is 0.769. The van der Waals surface area contributed by atoms with Crippen LogP contribution < -0.4 is 5.32 Å². The van der Waals surface area contributed by atoms with E-state index < -0.39 is 5.67 Å². The molecule has 6 heteroatoms. The fourth-order valence-electron chi connectivity index (χ4n) is 3.44. The second-order valence-corrected chi connectivity index (χ2v) is 6.42. The number of halogens is 2. The zero-order valence-electron chi connectivity index (χ0n) is 11.0. The molecule has 1 aromatic heterocycles. The van der Waals surface area contributed by atoms with Gasteiger partial charge in [-0.05, 0) is 28.8 Å². The lowest BCUT2D eigenvalue weighted by atomic mass is 9.86. The molecule has 1 aromatic rings. The van der Waals surface area contributed by atoms with Gasteiger partial charge >= 0.3 is 0 Å². The Hall–Kier alpha value is -0.460. The van der Waals surface area contributed by atoms with Crippen molar-refractivity contribution in [3.8, 4) is 0 Å². The van der Waals surface area contributed by atoms with Crippen LogP contribution in [0.1, 0.15) is 31.4 Å². The Labute approximate surface area is 120 Å². The summed E-state index contributed by atoms with van der Waals surface area (Å²) in [5.41, 5.74) is -0.594. The summed E-state index contributed by atoms with van der Waals surface area (Å²) in [6.07, 6.45) is 4.94. The van der Waals surface area contributed by atoms with Crippen LogP contribution in [0, 0.1) is 0 Å². The molecule has 2 aliphatic heterocycles. The first kappa shape index (κ1) is 13.5. The Balaban J connectivity index is 1.90. The third kappa shape index (κ3) is 2.45. The van der Waals surface area contributed by atoms with Crippen LogP contribution in [-0.2, 0) is 17.0 Å². The van der Waals surface area contributed by atoms with Crippen molar-refractivity contribution in [2.75, 3.05) is 13.7 Å². The van der Waals surface area contributed by atoms with E-state index in [0.29, 0.717) is 43.8 Å². The number of piperidine rings is 1. The van der Waals surface area contributed by atoms with Crippen molar-refractivity contribution in [2.45, 2.75) is 50.0 Å². The van der Waals surface area contributed by atoms with Gasteiger partial charge in [0.2, 0.25) is 0 Å². The van der Waals surface area contributed by atoms with Crippen LogP contribution in [0.4, 0.5) is 4.39 Å². The Kier molecular flexibility index (Phi) is 3.66. The average molecular weight is 332 g/mol. The Morgan fingerprint density at radius 1 is 1.53 bits per heavy atom. The lowest BCUT2D eigenvalue weighted by Crippen LogP contribution is -2.45. The molecular weight excluding hydrogens is 313 g/mol. The molecule has 2 unspecified atom stereocenters. The highest BCUT2D eigenvalue weighted by Crippen LogP contribution is 2.45. The topological polar surface area (TPSA) is 39.1 Å². The summed E-state index contributed by atoms with van der Waals surface area (Å²) < 4.78 is 23.0. The van der Waals surface area contributed by atoms with Crippen LogP contribution in [-0.4, -0.2) is 35.6 Å². The molecule has 2 fully saturated rings. The first-order chi connectivity index (χ1) is 9.12. The molecule has 3 rings (SSSR count). The van der Waals surface area contributed by atoms with Crippen LogP contribution >= 0.6 is 15.9 Å². The van der Waals surface area contributed by atoms with Crippen molar-refractivity contribution in [3.63, 3.8) is 0 Å². The smallest absolute Gasteiger partial charge is 0.156 e. The number of ether oxygens (including phenoxy) is 1. The zero-order chi connectivity index (χ0) is 13.5.